The van der Waals surface area contributed by atoms with Gasteiger partial charge in [-0.25, -0.2) is 0 Å². The number of ether oxygens (including phenoxy) is 1. The predicted molar refractivity (Wildman–Crippen MR) is 67.9 cm³/mol. The Kier molecular flexibility index (Phi) is 4.91. The first-order chi connectivity index (χ1) is 8.34. The molecule has 0 aromatic carbocycles. The Hall–Kier alpha value is -0.970. The first-order valence-corrected chi connectivity index (χ1v) is 6.27. The maximum atomic E-state index is 5.31. The van der Waals surface area contributed by atoms with E-state index in [0.29, 0.717) is 0 Å². The van der Waals surface area contributed by atoms with Crippen molar-refractivity contribution in [3.8, 4) is 0 Å². The van der Waals surface area contributed by atoms with E-state index >= 15 is 0 Å². The highest BCUT2D eigenvalue weighted by Crippen LogP contribution is 1.98. The van der Waals surface area contributed by atoms with Crippen LogP contribution < -0.4 is 5.32 Å². The quantitative estimate of drug-likeness (QED) is 0.767. The average molecular weight is 235 g/mol. The number of rotatable bonds is 5. The minimum atomic E-state index is 0.852. The lowest BCUT2D eigenvalue weighted by atomic mass is 10.3. The molecule has 0 aliphatic carbocycles. The average Bonchev–Trinajstić information content (AvgIpc) is 2.38. The van der Waals surface area contributed by atoms with E-state index in [9.17, 15) is 0 Å². The van der Waals surface area contributed by atoms with E-state index in [1.807, 2.05) is 6.20 Å². The van der Waals surface area contributed by atoms with E-state index in [-0.39, 0.29) is 0 Å². The third-order valence-corrected chi connectivity index (χ3v) is 2.99. The van der Waals surface area contributed by atoms with Gasteiger partial charge in [-0.15, -0.1) is 0 Å². The normalized spacial score (nSPS) is 17.2. The first-order valence-electron chi connectivity index (χ1n) is 6.27. The van der Waals surface area contributed by atoms with Crippen molar-refractivity contribution >= 4 is 0 Å². The van der Waals surface area contributed by atoms with E-state index in [2.05, 4.69) is 34.3 Å². The molecule has 2 heterocycles. The van der Waals surface area contributed by atoms with Gasteiger partial charge in [-0.2, -0.15) is 0 Å². The van der Waals surface area contributed by atoms with Gasteiger partial charge in [0.2, 0.25) is 0 Å². The Morgan fingerprint density at radius 2 is 2.18 bits per heavy atom. The number of pyridine rings is 1. The highest BCUT2D eigenvalue weighted by atomic mass is 16.5. The number of aryl methyl sites for hydroxylation is 1. The minimum absolute atomic E-state index is 0.852. The van der Waals surface area contributed by atoms with E-state index < -0.39 is 0 Å². The lowest BCUT2D eigenvalue weighted by Gasteiger charge is -2.26. The fourth-order valence-electron chi connectivity index (χ4n) is 1.88. The Morgan fingerprint density at radius 1 is 1.35 bits per heavy atom. The molecular formula is C13H21N3O. The number of nitrogens with zero attached hydrogens (tertiary/aromatic N) is 2. The minimum Gasteiger partial charge on any atom is -0.379 e. The third-order valence-electron chi connectivity index (χ3n) is 2.99. The Bertz CT molecular complexity index is 320. The molecule has 1 fully saturated rings. The van der Waals surface area contributed by atoms with Crippen LogP contribution in [-0.2, 0) is 11.3 Å². The third kappa shape index (κ3) is 4.42. The molecule has 4 heteroatoms. The van der Waals surface area contributed by atoms with Crippen LogP contribution in [0.25, 0.3) is 0 Å². The highest BCUT2D eigenvalue weighted by molar-refractivity contribution is 5.11. The number of morpholine rings is 1. The molecular weight excluding hydrogens is 214 g/mol. The van der Waals surface area contributed by atoms with Crippen LogP contribution in [0.3, 0.4) is 0 Å². The zero-order chi connectivity index (χ0) is 11.9. The van der Waals surface area contributed by atoms with E-state index in [4.69, 9.17) is 4.74 Å². The van der Waals surface area contributed by atoms with Gasteiger partial charge in [-0.05, 0) is 18.6 Å². The van der Waals surface area contributed by atoms with Crippen molar-refractivity contribution in [2.24, 2.45) is 0 Å². The smallest absolute Gasteiger partial charge is 0.0594 e. The van der Waals surface area contributed by atoms with Gasteiger partial charge < -0.3 is 10.1 Å². The number of nitrogens with one attached hydrogen (secondary N) is 1. The number of hydrogen-bond acceptors (Lipinski definition) is 4. The van der Waals surface area contributed by atoms with Gasteiger partial charge in [0, 0.05) is 38.9 Å². The SMILES string of the molecule is Cc1ccc(CNCCN2CCOCC2)nc1. The molecule has 0 bridgehead atoms. The van der Waals surface area contributed by atoms with Gasteiger partial charge in [-0.3, -0.25) is 9.88 Å². The molecule has 0 amide bonds. The van der Waals surface area contributed by atoms with Gasteiger partial charge >= 0.3 is 0 Å². The van der Waals surface area contributed by atoms with E-state index in [1.165, 1.54) is 5.56 Å². The molecule has 1 aliphatic rings. The maximum Gasteiger partial charge on any atom is 0.0594 e. The van der Waals surface area contributed by atoms with Gasteiger partial charge in [-0.1, -0.05) is 6.07 Å². The molecule has 1 N–H and O–H groups in total. The zero-order valence-electron chi connectivity index (χ0n) is 10.5. The van der Waals surface area contributed by atoms with E-state index in [1.54, 1.807) is 0 Å². The van der Waals surface area contributed by atoms with Gasteiger partial charge in [0.05, 0.1) is 18.9 Å². The van der Waals surface area contributed by atoms with Crippen LogP contribution in [0.1, 0.15) is 11.3 Å². The molecule has 0 saturated carbocycles. The molecule has 0 radical (unpaired) electrons. The van der Waals surface area contributed by atoms with Crippen LogP contribution in [0.4, 0.5) is 0 Å². The molecule has 0 spiro atoms. The van der Waals surface area contributed by atoms with Crippen molar-refractivity contribution in [2.45, 2.75) is 13.5 Å². The Balaban J connectivity index is 1.60. The summed E-state index contributed by atoms with van der Waals surface area (Å²) < 4.78 is 5.31. The zero-order valence-corrected chi connectivity index (χ0v) is 10.5. The summed E-state index contributed by atoms with van der Waals surface area (Å²) in [7, 11) is 0. The molecule has 2 rings (SSSR count). The maximum absolute atomic E-state index is 5.31. The van der Waals surface area contributed by atoms with Crippen LogP contribution in [0, 0.1) is 6.92 Å². The second kappa shape index (κ2) is 6.69. The lowest BCUT2D eigenvalue weighted by molar-refractivity contribution is 0.0384. The second-order valence-electron chi connectivity index (χ2n) is 4.46. The first kappa shape index (κ1) is 12.5. The lowest BCUT2D eigenvalue weighted by Crippen LogP contribution is -2.40. The van der Waals surface area contributed by atoms with Crippen molar-refractivity contribution in [3.05, 3.63) is 29.6 Å². The molecule has 17 heavy (non-hydrogen) atoms. The Morgan fingerprint density at radius 3 is 2.88 bits per heavy atom. The summed E-state index contributed by atoms with van der Waals surface area (Å²) in [5.74, 6) is 0. The van der Waals surface area contributed by atoms with Crippen LogP contribution in [0.2, 0.25) is 0 Å². The largest absolute Gasteiger partial charge is 0.379 e. The van der Waals surface area contributed by atoms with Crippen molar-refractivity contribution in [2.75, 3.05) is 39.4 Å². The molecule has 1 aromatic rings. The summed E-state index contributed by atoms with van der Waals surface area (Å²) >= 11 is 0. The summed E-state index contributed by atoms with van der Waals surface area (Å²) in [5, 5.41) is 3.42. The predicted octanol–water partition coefficient (Wildman–Crippen LogP) is 0.812. The topological polar surface area (TPSA) is 37.4 Å². The van der Waals surface area contributed by atoms with Gasteiger partial charge in [0.15, 0.2) is 0 Å². The van der Waals surface area contributed by atoms with Crippen molar-refractivity contribution < 1.29 is 4.74 Å². The monoisotopic (exact) mass is 235 g/mol. The highest BCUT2D eigenvalue weighted by Gasteiger charge is 2.08. The summed E-state index contributed by atoms with van der Waals surface area (Å²) in [6.07, 6.45) is 1.92. The van der Waals surface area contributed by atoms with Gasteiger partial charge in [0.1, 0.15) is 0 Å². The Labute approximate surface area is 103 Å². The van der Waals surface area contributed by atoms with Crippen molar-refractivity contribution in [1.82, 2.24) is 15.2 Å². The molecule has 1 aliphatic heterocycles. The van der Waals surface area contributed by atoms with Crippen LogP contribution in [0.15, 0.2) is 18.3 Å². The molecule has 1 aromatic heterocycles. The van der Waals surface area contributed by atoms with Crippen molar-refractivity contribution in [1.29, 1.82) is 0 Å². The van der Waals surface area contributed by atoms with Crippen LogP contribution >= 0.6 is 0 Å². The number of aromatic nitrogens is 1. The molecule has 1 saturated heterocycles. The van der Waals surface area contributed by atoms with Crippen LogP contribution in [0.5, 0.6) is 0 Å². The summed E-state index contributed by atoms with van der Waals surface area (Å²) in [6, 6.07) is 4.18. The van der Waals surface area contributed by atoms with Gasteiger partial charge in [0.25, 0.3) is 0 Å². The molecule has 0 atom stereocenters. The second-order valence-corrected chi connectivity index (χ2v) is 4.46. The molecule has 94 valence electrons. The van der Waals surface area contributed by atoms with Crippen LogP contribution in [-0.4, -0.2) is 49.3 Å². The fraction of sp³-hybridized carbons (Fsp3) is 0.615. The summed E-state index contributed by atoms with van der Waals surface area (Å²) in [6.45, 7) is 8.88. The number of hydrogen-bond donors (Lipinski definition) is 1. The van der Waals surface area contributed by atoms with Crippen molar-refractivity contribution in [3.63, 3.8) is 0 Å². The fourth-order valence-corrected chi connectivity index (χ4v) is 1.88. The van der Waals surface area contributed by atoms with E-state index in [0.717, 1.165) is 51.6 Å². The summed E-state index contributed by atoms with van der Waals surface area (Å²) in [5.41, 5.74) is 2.32. The molecule has 4 nitrogen and oxygen atoms in total. The summed E-state index contributed by atoms with van der Waals surface area (Å²) in [4.78, 5) is 6.80. The standard InChI is InChI=1S/C13H21N3O/c1-12-2-3-13(15-10-12)11-14-4-5-16-6-8-17-9-7-16/h2-3,10,14H,4-9,11H2,1H3. The molecule has 0 unspecified atom stereocenters.